The molecule has 0 aliphatic carbocycles. The Hall–Kier alpha value is -1.67. The number of hydrogen-bond acceptors (Lipinski definition) is 5. The van der Waals surface area contributed by atoms with E-state index in [1.807, 2.05) is 27.7 Å². The smallest absolute Gasteiger partial charge is 0.320 e. The minimum atomic E-state index is 0.136. The van der Waals surface area contributed by atoms with Gasteiger partial charge in [-0.3, -0.25) is 9.58 Å². The minimum absolute atomic E-state index is 0.136. The number of amides is 2. The Morgan fingerprint density at radius 2 is 2.13 bits per heavy atom. The van der Waals surface area contributed by atoms with E-state index in [-0.39, 0.29) is 12.1 Å². The van der Waals surface area contributed by atoms with E-state index in [0.29, 0.717) is 26.3 Å². The van der Waals surface area contributed by atoms with Crippen molar-refractivity contribution >= 4 is 6.03 Å². The van der Waals surface area contributed by atoms with Crippen LogP contribution in [0.5, 0.6) is 0 Å². The van der Waals surface area contributed by atoms with E-state index in [9.17, 15) is 4.79 Å². The molecule has 0 spiro atoms. The molecule has 2 saturated heterocycles. The lowest BCUT2D eigenvalue weighted by Crippen LogP contribution is -2.54. The molecule has 0 saturated carbocycles. The number of hydrogen-bond donors (Lipinski definition) is 0. The third-order valence-electron chi connectivity index (χ3n) is 4.73. The zero-order chi connectivity index (χ0) is 16.1. The molecule has 2 fully saturated rings. The van der Waals surface area contributed by atoms with Gasteiger partial charge in [0.1, 0.15) is 0 Å². The van der Waals surface area contributed by atoms with Crippen molar-refractivity contribution in [2.24, 2.45) is 0 Å². The lowest BCUT2D eigenvalue weighted by atomic mass is 10.0. The van der Waals surface area contributed by atoms with Crippen LogP contribution in [-0.4, -0.2) is 94.8 Å². The van der Waals surface area contributed by atoms with Crippen molar-refractivity contribution in [1.29, 1.82) is 0 Å². The van der Waals surface area contributed by atoms with Crippen LogP contribution in [0.4, 0.5) is 4.79 Å². The highest BCUT2D eigenvalue weighted by Crippen LogP contribution is 2.16. The molecule has 2 amide bonds. The molecule has 0 bridgehead atoms. The maximum atomic E-state index is 12.6. The van der Waals surface area contributed by atoms with E-state index in [0.717, 1.165) is 39.0 Å². The second kappa shape index (κ2) is 7.74. The average molecular weight is 322 g/mol. The Balaban J connectivity index is 1.49. The predicted octanol–water partition coefficient (Wildman–Crippen LogP) is 0.127. The SMILES string of the molecule is CN(C(=O)N1CCOCC1)C1CCCN(CCn2ccnn2)C1. The summed E-state index contributed by atoms with van der Waals surface area (Å²) in [6.07, 6.45) is 5.79. The second-order valence-corrected chi connectivity index (χ2v) is 6.26. The van der Waals surface area contributed by atoms with E-state index in [1.165, 1.54) is 0 Å². The number of morpholine rings is 1. The second-order valence-electron chi connectivity index (χ2n) is 6.26. The van der Waals surface area contributed by atoms with Gasteiger partial charge in [-0.05, 0) is 19.4 Å². The summed E-state index contributed by atoms with van der Waals surface area (Å²) in [7, 11) is 1.93. The van der Waals surface area contributed by atoms with Crippen LogP contribution in [0.1, 0.15) is 12.8 Å². The molecule has 8 nitrogen and oxygen atoms in total. The van der Waals surface area contributed by atoms with Gasteiger partial charge in [-0.15, -0.1) is 5.10 Å². The number of aromatic nitrogens is 3. The fourth-order valence-corrected chi connectivity index (χ4v) is 3.28. The van der Waals surface area contributed by atoms with Gasteiger partial charge >= 0.3 is 6.03 Å². The topological polar surface area (TPSA) is 66.7 Å². The van der Waals surface area contributed by atoms with Gasteiger partial charge < -0.3 is 14.5 Å². The van der Waals surface area contributed by atoms with Gasteiger partial charge in [0.25, 0.3) is 0 Å². The van der Waals surface area contributed by atoms with Crippen LogP contribution in [0.15, 0.2) is 12.4 Å². The highest BCUT2D eigenvalue weighted by Gasteiger charge is 2.29. The van der Waals surface area contributed by atoms with Gasteiger partial charge in [-0.2, -0.15) is 0 Å². The number of nitrogens with zero attached hydrogens (tertiary/aromatic N) is 6. The third kappa shape index (κ3) is 4.20. The molecule has 2 aliphatic heterocycles. The molecular weight excluding hydrogens is 296 g/mol. The third-order valence-corrected chi connectivity index (χ3v) is 4.73. The van der Waals surface area contributed by atoms with Crippen LogP contribution in [0, 0.1) is 0 Å². The first kappa shape index (κ1) is 16.2. The van der Waals surface area contributed by atoms with Gasteiger partial charge in [-0.25, -0.2) is 4.79 Å². The lowest BCUT2D eigenvalue weighted by molar-refractivity contribution is 0.0367. The van der Waals surface area contributed by atoms with Crippen molar-refractivity contribution in [1.82, 2.24) is 29.7 Å². The van der Waals surface area contributed by atoms with Crippen LogP contribution in [-0.2, 0) is 11.3 Å². The quantitative estimate of drug-likeness (QED) is 0.788. The lowest BCUT2D eigenvalue weighted by Gasteiger charge is -2.40. The Bertz CT molecular complexity index is 488. The van der Waals surface area contributed by atoms with Crippen molar-refractivity contribution in [3.63, 3.8) is 0 Å². The molecule has 0 aromatic carbocycles. The summed E-state index contributed by atoms with van der Waals surface area (Å²) >= 11 is 0. The summed E-state index contributed by atoms with van der Waals surface area (Å²) in [6, 6.07) is 0.422. The number of likely N-dealkylation sites (N-methyl/N-ethyl adjacent to an activating group) is 1. The Labute approximate surface area is 137 Å². The van der Waals surface area contributed by atoms with Crippen LogP contribution in [0.2, 0.25) is 0 Å². The normalized spacial score (nSPS) is 23.0. The Morgan fingerprint density at radius 3 is 2.87 bits per heavy atom. The zero-order valence-corrected chi connectivity index (χ0v) is 13.8. The molecule has 1 aromatic rings. The maximum absolute atomic E-state index is 12.6. The van der Waals surface area contributed by atoms with E-state index < -0.39 is 0 Å². The van der Waals surface area contributed by atoms with Crippen LogP contribution in [0.3, 0.4) is 0 Å². The monoisotopic (exact) mass is 322 g/mol. The number of likely N-dealkylation sites (tertiary alicyclic amines) is 1. The van der Waals surface area contributed by atoms with Gasteiger partial charge in [0.05, 0.1) is 26.0 Å². The largest absolute Gasteiger partial charge is 0.378 e. The van der Waals surface area contributed by atoms with Gasteiger partial charge in [0, 0.05) is 45.5 Å². The Kier molecular flexibility index (Phi) is 5.45. The van der Waals surface area contributed by atoms with E-state index >= 15 is 0 Å². The molecule has 0 radical (unpaired) electrons. The molecule has 1 unspecified atom stereocenters. The maximum Gasteiger partial charge on any atom is 0.320 e. The summed E-state index contributed by atoms with van der Waals surface area (Å²) < 4.78 is 7.18. The van der Waals surface area contributed by atoms with E-state index in [2.05, 4.69) is 15.2 Å². The molecule has 128 valence electrons. The van der Waals surface area contributed by atoms with Crippen LogP contribution >= 0.6 is 0 Å². The van der Waals surface area contributed by atoms with E-state index in [1.54, 1.807) is 6.20 Å². The molecule has 8 heteroatoms. The van der Waals surface area contributed by atoms with Crippen molar-refractivity contribution < 1.29 is 9.53 Å². The first-order valence-electron chi connectivity index (χ1n) is 8.40. The summed E-state index contributed by atoms with van der Waals surface area (Å²) in [6.45, 7) is 6.50. The predicted molar refractivity (Wildman–Crippen MR) is 85.0 cm³/mol. The average Bonchev–Trinajstić information content (AvgIpc) is 3.13. The summed E-state index contributed by atoms with van der Waals surface area (Å²) in [5.41, 5.74) is 0. The number of carbonyl (C=O) groups excluding carboxylic acids is 1. The first-order valence-corrected chi connectivity index (χ1v) is 8.40. The van der Waals surface area contributed by atoms with Crippen molar-refractivity contribution in [3.05, 3.63) is 12.4 Å². The summed E-state index contributed by atoms with van der Waals surface area (Å²) in [5.74, 6) is 0. The fourth-order valence-electron chi connectivity index (χ4n) is 3.28. The van der Waals surface area contributed by atoms with Crippen LogP contribution in [0.25, 0.3) is 0 Å². The number of carbonyl (C=O) groups is 1. The van der Waals surface area contributed by atoms with Gasteiger partial charge in [-0.1, -0.05) is 5.21 Å². The highest BCUT2D eigenvalue weighted by atomic mass is 16.5. The summed E-state index contributed by atoms with van der Waals surface area (Å²) in [5, 5.41) is 7.83. The molecule has 23 heavy (non-hydrogen) atoms. The van der Waals surface area contributed by atoms with Crippen molar-refractivity contribution in [2.45, 2.75) is 25.4 Å². The standard InChI is InChI=1S/C15H26N6O2/c1-18(15(22)20-9-11-23-12-10-20)14-3-2-5-19(13-14)7-8-21-6-4-16-17-21/h4,6,14H,2-3,5,7-13H2,1H3. The van der Waals surface area contributed by atoms with Crippen LogP contribution < -0.4 is 0 Å². The molecule has 1 atom stereocenters. The van der Waals surface area contributed by atoms with E-state index in [4.69, 9.17) is 4.74 Å². The zero-order valence-electron chi connectivity index (χ0n) is 13.8. The molecule has 2 aliphatic rings. The minimum Gasteiger partial charge on any atom is -0.378 e. The number of ether oxygens (including phenoxy) is 1. The molecule has 1 aromatic heterocycles. The van der Waals surface area contributed by atoms with Gasteiger partial charge in [0.2, 0.25) is 0 Å². The van der Waals surface area contributed by atoms with Gasteiger partial charge in [0.15, 0.2) is 0 Å². The fraction of sp³-hybridized carbons (Fsp3) is 0.800. The Morgan fingerprint density at radius 1 is 1.30 bits per heavy atom. The first-order chi connectivity index (χ1) is 11.2. The van der Waals surface area contributed by atoms with Crippen molar-refractivity contribution in [2.75, 3.05) is 53.0 Å². The number of piperidine rings is 1. The molecule has 3 rings (SSSR count). The molecular formula is C15H26N6O2. The molecule has 3 heterocycles. The summed E-state index contributed by atoms with van der Waals surface area (Å²) in [4.78, 5) is 18.8. The highest BCUT2D eigenvalue weighted by molar-refractivity contribution is 5.74. The molecule has 0 N–H and O–H groups in total. The number of urea groups is 1. The number of rotatable bonds is 4. The van der Waals surface area contributed by atoms with Crippen molar-refractivity contribution in [3.8, 4) is 0 Å².